The van der Waals surface area contributed by atoms with Crippen LogP contribution < -0.4 is 5.69 Å². The number of aromatic hydroxyl groups is 1. The van der Waals surface area contributed by atoms with Crippen LogP contribution in [0.4, 0.5) is 14.5 Å². The summed E-state index contributed by atoms with van der Waals surface area (Å²) in [5, 5.41) is 11.2. The van der Waals surface area contributed by atoms with E-state index in [1.54, 1.807) is 18.2 Å². The molecule has 1 aliphatic heterocycles. The van der Waals surface area contributed by atoms with Crippen molar-refractivity contribution in [3.8, 4) is 5.88 Å². The number of H-pyrrole nitrogens is 1. The molecule has 2 aromatic carbocycles. The van der Waals surface area contributed by atoms with Gasteiger partial charge < -0.3 is 19.9 Å². The number of aliphatic imine (C=N–C) groups is 1. The molecule has 4 N–H and O–H groups in total. The number of hydrogen-bond donors (Lipinski definition) is 4. The first-order chi connectivity index (χ1) is 15.5. The third kappa shape index (κ3) is 4.82. The van der Waals surface area contributed by atoms with Gasteiger partial charge in [-0.3, -0.25) is 14.1 Å². The average Bonchev–Trinajstić information content (AvgIpc) is 3.25. The summed E-state index contributed by atoms with van der Waals surface area (Å²) >= 11 is 5.95. The summed E-state index contributed by atoms with van der Waals surface area (Å²) in [7, 11) is -4.99. The van der Waals surface area contributed by atoms with Gasteiger partial charge in [-0.05, 0) is 35.9 Å². The number of aromatic amines is 1. The SMILES string of the molecule is O=c1[nH]c(/C=C2\C=Nc3cc(Cl)ccc32)c(O)n1C(COP(=O)(O)O)c1ccc(F)c(F)c1. The molecule has 13 heteroatoms. The third-order valence-corrected chi connectivity index (χ3v) is 5.60. The minimum atomic E-state index is -4.99. The number of phosphoric acid groups is 1. The summed E-state index contributed by atoms with van der Waals surface area (Å²) in [6, 6.07) is 6.23. The number of rotatable bonds is 6. The van der Waals surface area contributed by atoms with Crippen molar-refractivity contribution in [2.75, 3.05) is 6.61 Å². The molecule has 4 rings (SSSR count). The Morgan fingerprint density at radius 3 is 2.67 bits per heavy atom. The fraction of sp³-hybridized carbons (Fsp3) is 0.100. The van der Waals surface area contributed by atoms with E-state index in [1.807, 2.05) is 0 Å². The molecular formula is C20H15ClF2N3O6P. The number of halogens is 3. The van der Waals surface area contributed by atoms with E-state index in [2.05, 4.69) is 14.5 Å². The zero-order valence-electron chi connectivity index (χ0n) is 16.4. The van der Waals surface area contributed by atoms with E-state index < -0.39 is 43.7 Å². The molecular weight excluding hydrogens is 483 g/mol. The van der Waals surface area contributed by atoms with Crippen LogP contribution in [0.2, 0.25) is 5.02 Å². The number of phosphoric ester groups is 1. The van der Waals surface area contributed by atoms with Gasteiger partial charge in [0.15, 0.2) is 11.6 Å². The van der Waals surface area contributed by atoms with Crippen LogP contribution in [0, 0.1) is 11.6 Å². The molecule has 0 saturated carbocycles. The van der Waals surface area contributed by atoms with Crippen LogP contribution in [0.25, 0.3) is 11.6 Å². The van der Waals surface area contributed by atoms with Crippen LogP contribution in [0.15, 0.2) is 46.2 Å². The molecule has 0 amide bonds. The van der Waals surface area contributed by atoms with Crippen molar-refractivity contribution in [3.63, 3.8) is 0 Å². The van der Waals surface area contributed by atoms with Crippen molar-refractivity contribution in [1.82, 2.24) is 9.55 Å². The fourth-order valence-electron chi connectivity index (χ4n) is 3.39. The first kappa shape index (κ1) is 23.1. The van der Waals surface area contributed by atoms with Gasteiger partial charge in [0.05, 0.1) is 18.3 Å². The molecule has 9 nitrogen and oxygen atoms in total. The normalized spacial score (nSPS) is 15.2. The molecule has 0 spiro atoms. The van der Waals surface area contributed by atoms with Crippen LogP contribution in [0.1, 0.15) is 22.9 Å². The lowest BCUT2D eigenvalue weighted by Gasteiger charge is -2.19. The maximum Gasteiger partial charge on any atom is 0.469 e. The molecule has 0 fully saturated rings. The van der Waals surface area contributed by atoms with E-state index in [0.29, 0.717) is 21.8 Å². The van der Waals surface area contributed by atoms with Gasteiger partial charge in [-0.1, -0.05) is 23.7 Å². The van der Waals surface area contributed by atoms with Crippen LogP contribution >= 0.6 is 19.4 Å². The maximum atomic E-state index is 13.8. The second kappa shape index (κ2) is 8.69. The highest BCUT2D eigenvalue weighted by molar-refractivity contribution is 7.46. The monoisotopic (exact) mass is 497 g/mol. The Hall–Kier alpha value is -3.08. The van der Waals surface area contributed by atoms with Crippen LogP contribution in [0.3, 0.4) is 0 Å². The average molecular weight is 498 g/mol. The summed E-state index contributed by atoms with van der Waals surface area (Å²) < 4.78 is 43.6. The van der Waals surface area contributed by atoms with Gasteiger partial charge in [0.1, 0.15) is 5.69 Å². The molecule has 0 aliphatic carbocycles. The first-order valence-electron chi connectivity index (χ1n) is 9.27. The van der Waals surface area contributed by atoms with Crippen LogP contribution in [-0.4, -0.2) is 37.3 Å². The van der Waals surface area contributed by atoms with E-state index in [1.165, 1.54) is 12.3 Å². The Morgan fingerprint density at radius 1 is 1.21 bits per heavy atom. The summed E-state index contributed by atoms with van der Waals surface area (Å²) in [4.78, 5) is 37.4. The summed E-state index contributed by atoms with van der Waals surface area (Å²) in [5.74, 6) is -3.03. The molecule has 3 aromatic rings. The predicted octanol–water partition coefficient (Wildman–Crippen LogP) is 3.77. The van der Waals surface area contributed by atoms with Crippen LogP contribution in [-0.2, 0) is 9.09 Å². The summed E-state index contributed by atoms with van der Waals surface area (Å²) in [5.41, 5.74) is 0.823. The van der Waals surface area contributed by atoms with Crippen molar-refractivity contribution in [3.05, 3.63) is 80.4 Å². The zero-order valence-corrected chi connectivity index (χ0v) is 18.1. The summed E-state index contributed by atoms with van der Waals surface area (Å²) in [6.07, 6.45) is 2.93. The highest BCUT2D eigenvalue weighted by Gasteiger charge is 2.27. The number of aromatic nitrogens is 2. The molecule has 1 aliphatic rings. The Bertz CT molecular complexity index is 1410. The van der Waals surface area contributed by atoms with Crippen LogP contribution in [0.5, 0.6) is 5.88 Å². The van der Waals surface area contributed by atoms with Crippen molar-refractivity contribution in [2.24, 2.45) is 4.99 Å². The molecule has 1 aromatic heterocycles. The van der Waals surface area contributed by atoms with Gasteiger partial charge in [0, 0.05) is 22.4 Å². The standard InChI is InChI=1S/C20H15ClF2N3O6P/c21-12-2-3-13-11(8-24-16(13)7-12)6-17-19(27)26(20(28)25-17)18(9-32-33(29,30)31)10-1-4-14(22)15(23)5-10/h1-8,18,27H,9H2,(H,25,28)(H2,29,30,31)/b11-6+. The third-order valence-electron chi connectivity index (χ3n) is 4.88. The van der Waals surface area contributed by atoms with Gasteiger partial charge in [-0.25, -0.2) is 18.1 Å². The van der Waals surface area contributed by atoms with Crippen molar-refractivity contribution in [1.29, 1.82) is 0 Å². The first-order valence-corrected chi connectivity index (χ1v) is 11.2. The number of nitrogens with zero attached hydrogens (tertiary/aromatic N) is 2. The second-order valence-corrected chi connectivity index (χ2v) is 8.71. The van der Waals surface area contributed by atoms with Gasteiger partial charge in [-0.15, -0.1) is 0 Å². The lowest BCUT2D eigenvalue weighted by Crippen LogP contribution is -2.26. The minimum Gasteiger partial charge on any atom is -0.493 e. The van der Waals surface area contributed by atoms with Gasteiger partial charge in [0.25, 0.3) is 0 Å². The predicted molar refractivity (Wildman–Crippen MR) is 117 cm³/mol. The van der Waals surface area contributed by atoms with Crippen molar-refractivity contribution in [2.45, 2.75) is 6.04 Å². The topological polar surface area (TPSA) is 137 Å². The number of benzene rings is 2. The second-order valence-electron chi connectivity index (χ2n) is 7.03. The Morgan fingerprint density at radius 2 is 1.97 bits per heavy atom. The maximum absolute atomic E-state index is 13.8. The molecule has 172 valence electrons. The Labute approximate surface area is 189 Å². The molecule has 1 unspecified atom stereocenters. The zero-order chi connectivity index (χ0) is 23.9. The smallest absolute Gasteiger partial charge is 0.469 e. The van der Waals surface area contributed by atoms with E-state index in [0.717, 1.165) is 22.8 Å². The molecule has 2 heterocycles. The van der Waals surface area contributed by atoms with E-state index in [-0.39, 0.29) is 11.3 Å². The molecule has 0 saturated heterocycles. The number of nitrogens with one attached hydrogen (secondary N) is 1. The lowest BCUT2D eigenvalue weighted by atomic mass is 10.1. The highest BCUT2D eigenvalue weighted by Crippen LogP contribution is 2.39. The number of imidazole rings is 1. The van der Waals surface area contributed by atoms with E-state index in [9.17, 15) is 23.2 Å². The number of hydrogen-bond acceptors (Lipinski definition) is 5. The molecule has 33 heavy (non-hydrogen) atoms. The summed E-state index contributed by atoms with van der Waals surface area (Å²) in [6.45, 7) is -0.820. The fourth-order valence-corrected chi connectivity index (χ4v) is 3.89. The van der Waals surface area contributed by atoms with E-state index >= 15 is 0 Å². The van der Waals surface area contributed by atoms with Gasteiger partial charge in [-0.2, -0.15) is 0 Å². The molecule has 0 bridgehead atoms. The number of fused-ring (bicyclic) bond motifs is 1. The quantitative estimate of drug-likeness (QED) is 0.383. The Kier molecular flexibility index (Phi) is 6.08. The largest absolute Gasteiger partial charge is 0.493 e. The molecule has 0 radical (unpaired) electrons. The lowest BCUT2D eigenvalue weighted by molar-refractivity contribution is 0.174. The Balaban J connectivity index is 1.78. The minimum absolute atomic E-state index is 0.0481. The van der Waals surface area contributed by atoms with E-state index in [4.69, 9.17) is 21.4 Å². The van der Waals surface area contributed by atoms with Crippen molar-refractivity contribution < 1.29 is 32.8 Å². The number of allylic oxidation sites excluding steroid dienone is 1. The van der Waals surface area contributed by atoms with Gasteiger partial charge in [0.2, 0.25) is 5.88 Å². The van der Waals surface area contributed by atoms with Gasteiger partial charge >= 0.3 is 13.5 Å². The highest BCUT2D eigenvalue weighted by atomic mass is 35.5. The molecule has 1 atom stereocenters. The van der Waals surface area contributed by atoms with Crippen molar-refractivity contribution >= 4 is 43.0 Å².